The van der Waals surface area contributed by atoms with E-state index in [1.165, 1.54) is 0 Å². The quantitative estimate of drug-likeness (QED) is 0.617. The molecule has 1 atom stereocenters. The Bertz CT molecular complexity index is 411. The molecule has 1 aliphatic rings. The van der Waals surface area contributed by atoms with Crippen molar-refractivity contribution in [2.75, 3.05) is 13.2 Å². The third-order valence-corrected chi connectivity index (χ3v) is 3.14. The number of hydrogen-bond acceptors (Lipinski definition) is 3. The van der Waals surface area contributed by atoms with Gasteiger partial charge in [-0.05, 0) is 12.1 Å². The molecular formula is C12H11BrO3. The average Bonchev–Trinajstić information content (AvgIpc) is 2.30. The largest absolute Gasteiger partial charge is 0.380 e. The minimum Gasteiger partial charge on any atom is -0.380 e. The predicted octanol–water partition coefficient (Wildman–Crippen LogP) is 2.24. The Morgan fingerprint density at radius 2 is 2.00 bits per heavy atom. The van der Waals surface area contributed by atoms with Gasteiger partial charge >= 0.3 is 0 Å². The van der Waals surface area contributed by atoms with Gasteiger partial charge in [0, 0.05) is 16.5 Å². The van der Waals surface area contributed by atoms with E-state index in [9.17, 15) is 9.59 Å². The van der Waals surface area contributed by atoms with Crippen molar-refractivity contribution in [2.24, 2.45) is 5.92 Å². The molecular weight excluding hydrogens is 272 g/mol. The average molecular weight is 283 g/mol. The van der Waals surface area contributed by atoms with E-state index in [-0.39, 0.29) is 18.2 Å². The first-order valence-electron chi connectivity index (χ1n) is 5.09. The van der Waals surface area contributed by atoms with Crippen molar-refractivity contribution in [3.05, 3.63) is 34.3 Å². The molecule has 16 heavy (non-hydrogen) atoms. The fourth-order valence-electron chi connectivity index (χ4n) is 1.68. The maximum absolute atomic E-state index is 12.0. The molecule has 1 aliphatic heterocycles. The molecule has 1 aromatic rings. The highest BCUT2D eigenvalue weighted by Crippen LogP contribution is 2.18. The minimum absolute atomic E-state index is 0.0147. The molecule has 0 bridgehead atoms. The zero-order valence-electron chi connectivity index (χ0n) is 8.61. The number of ether oxygens (including phenoxy) is 1. The summed E-state index contributed by atoms with van der Waals surface area (Å²) in [6.07, 6.45) is 0.340. The summed E-state index contributed by atoms with van der Waals surface area (Å²) >= 11 is 3.30. The summed E-state index contributed by atoms with van der Waals surface area (Å²) < 4.78 is 6.08. The molecule has 0 aliphatic carbocycles. The molecule has 3 nitrogen and oxygen atoms in total. The van der Waals surface area contributed by atoms with Gasteiger partial charge in [0.2, 0.25) is 0 Å². The summed E-state index contributed by atoms with van der Waals surface area (Å²) in [5, 5.41) is 0. The van der Waals surface area contributed by atoms with Crippen LogP contribution in [0.15, 0.2) is 28.7 Å². The molecule has 0 radical (unpaired) electrons. The van der Waals surface area contributed by atoms with Gasteiger partial charge in [-0.15, -0.1) is 0 Å². The Morgan fingerprint density at radius 3 is 2.62 bits per heavy atom. The van der Waals surface area contributed by atoms with Crippen molar-refractivity contribution in [2.45, 2.75) is 6.42 Å². The minimum atomic E-state index is -0.616. The van der Waals surface area contributed by atoms with Crippen LogP contribution in [0, 0.1) is 5.92 Å². The van der Waals surface area contributed by atoms with Crippen LogP contribution < -0.4 is 0 Å². The highest BCUT2D eigenvalue weighted by Gasteiger charge is 2.30. The number of hydrogen-bond donors (Lipinski definition) is 0. The van der Waals surface area contributed by atoms with E-state index in [1.54, 1.807) is 24.3 Å². The summed E-state index contributed by atoms with van der Waals surface area (Å²) in [7, 11) is 0. The third kappa shape index (κ3) is 2.39. The second kappa shape index (κ2) is 4.89. The van der Waals surface area contributed by atoms with Crippen LogP contribution >= 0.6 is 15.9 Å². The Hall–Kier alpha value is -1.000. The molecule has 84 valence electrons. The molecule has 1 unspecified atom stereocenters. The maximum Gasteiger partial charge on any atom is 0.175 e. The van der Waals surface area contributed by atoms with Crippen LogP contribution in [0.5, 0.6) is 0 Å². The highest BCUT2D eigenvalue weighted by molar-refractivity contribution is 9.10. The lowest BCUT2D eigenvalue weighted by molar-refractivity contribution is -0.128. The van der Waals surface area contributed by atoms with E-state index in [0.717, 1.165) is 4.47 Å². The summed E-state index contributed by atoms with van der Waals surface area (Å²) in [4.78, 5) is 23.6. The molecule has 0 saturated carbocycles. The van der Waals surface area contributed by atoms with Crippen LogP contribution in [0.3, 0.4) is 0 Å². The highest BCUT2D eigenvalue weighted by atomic mass is 79.9. The summed E-state index contributed by atoms with van der Waals surface area (Å²) in [6, 6.07) is 7.02. The van der Waals surface area contributed by atoms with E-state index >= 15 is 0 Å². The topological polar surface area (TPSA) is 43.4 Å². The fraction of sp³-hybridized carbons (Fsp3) is 0.333. The summed E-state index contributed by atoms with van der Waals surface area (Å²) in [6.45, 7) is 0.649. The van der Waals surface area contributed by atoms with Crippen LogP contribution in [0.2, 0.25) is 0 Å². The molecule has 2 rings (SSSR count). The second-order valence-electron chi connectivity index (χ2n) is 3.71. The smallest absolute Gasteiger partial charge is 0.175 e. The van der Waals surface area contributed by atoms with Crippen molar-refractivity contribution < 1.29 is 14.3 Å². The van der Waals surface area contributed by atoms with Gasteiger partial charge in [0.15, 0.2) is 5.78 Å². The molecule has 1 saturated heterocycles. The van der Waals surface area contributed by atoms with Crippen LogP contribution in [-0.4, -0.2) is 24.8 Å². The van der Waals surface area contributed by atoms with Crippen LogP contribution in [0.25, 0.3) is 0 Å². The van der Waals surface area contributed by atoms with E-state index < -0.39 is 5.92 Å². The van der Waals surface area contributed by atoms with Crippen LogP contribution in [0.4, 0.5) is 0 Å². The zero-order chi connectivity index (χ0) is 11.5. The molecule has 0 N–H and O–H groups in total. The van der Waals surface area contributed by atoms with Crippen molar-refractivity contribution in [1.29, 1.82) is 0 Å². The standard InChI is InChI=1S/C12H11BrO3/c13-9-3-1-8(2-4-9)12(15)10-7-16-6-5-11(10)14/h1-4,10H,5-7H2. The Morgan fingerprint density at radius 1 is 1.31 bits per heavy atom. The molecule has 4 heteroatoms. The fourth-order valence-corrected chi connectivity index (χ4v) is 1.94. The van der Waals surface area contributed by atoms with Gasteiger partial charge in [0.1, 0.15) is 11.7 Å². The van der Waals surface area contributed by atoms with E-state index in [4.69, 9.17) is 4.74 Å². The van der Waals surface area contributed by atoms with Gasteiger partial charge in [0.05, 0.1) is 13.2 Å². The molecule has 0 aromatic heterocycles. The normalized spacial score (nSPS) is 20.8. The Balaban J connectivity index is 2.17. The van der Waals surface area contributed by atoms with Crippen molar-refractivity contribution in [3.8, 4) is 0 Å². The molecule has 1 heterocycles. The number of benzene rings is 1. The van der Waals surface area contributed by atoms with Gasteiger partial charge in [-0.2, -0.15) is 0 Å². The maximum atomic E-state index is 12.0. The number of ketones is 2. The third-order valence-electron chi connectivity index (χ3n) is 2.61. The molecule has 0 amide bonds. The van der Waals surface area contributed by atoms with Crippen LogP contribution in [0.1, 0.15) is 16.8 Å². The lowest BCUT2D eigenvalue weighted by atomic mass is 9.92. The van der Waals surface area contributed by atoms with E-state index in [0.29, 0.717) is 18.6 Å². The number of rotatable bonds is 2. The first-order chi connectivity index (χ1) is 7.68. The van der Waals surface area contributed by atoms with Gasteiger partial charge < -0.3 is 4.74 Å². The SMILES string of the molecule is O=C1CCOCC1C(=O)c1ccc(Br)cc1. The van der Waals surface area contributed by atoms with Crippen molar-refractivity contribution in [3.63, 3.8) is 0 Å². The van der Waals surface area contributed by atoms with Crippen LogP contribution in [-0.2, 0) is 9.53 Å². The van der Waals surface area contributed by atoms with Gasteiger partial charge in [-0.3, -0.25) is 9.59 Å². The molecule has 1 aromatic carbocycles. The summed E-state index contributed by atoms with van der Waals surface area (Å²) in [5.41, 5.74) is 0.562. The van der Waals surface area contributed by atoms with Gasteiger partial charge in [-0.1, -0.05) is 28.1 Å². The predicted molar refractivity (Wildman–Crippen MR) is 62.4 cm³/mol. The monoisotopic (exact) mass is 282 g/mol. The number of carbonyl (C=O) groups excluding carboxylic acids is 2. The van der Waals surface area contributed by atoms with E-state index in [1.807, 2.05) is 0 Å². The lowest BCUT2D eigenvalue weighted by Crippen LogP contribution is -2.33. The lowest BCUT2D eigenvalue weighted by Gasteiger charge is -2.19. The number of halogens is 1. The van der Waals surface area contributed by atoms with E-state index in [2.05, 4.69) is 15.9 Å². The Labute approximate surface area is 102 Å². The first kappa shape index (κ1) is 11.5. The zero-order valence-corrected chi connectivity index (χ0v) is 10.2. The first-order valence-corrected chi connectivity index (χ1v) is 5.88. The second-order valence-corrected chi connectivity index (χ2v) is 4.63. The number of Topliss-reactive ketones (excluding diaryl/α,β-unsaturated/α-hetero) is 2. The summed E-state index contributed by atoms with van der Waals surface area (Å²) in [5.74, 6) is -0.772. The number of carbonyl (C=O) groups is 2. The Kier molecular flexibility index (Phi) is 3.51. The van der Waals surface area contributed by atoms with Crippen molar-refractivity contribution >= 4 is 27.5 Å². The van der Waals surface area contributed by atoms with Gasteiger partial charge in [0.25, 0.3) is 0 Å². The molecule has 0 spiro atoms. The van der Waals surface area contributed by atoms with Gasteiger partial charge in [-0.25, -0.2) is 0 Å². The molecule has 1 fully saturated rings. The van der Waals surface area contributed by atoms with Crippen molar-refractivity contribution in [1.82, 2.24) is 0 Å².